The largest absolute Gasteiger partial charge is 0.333 e. The number of halogens is 3. The molecule has 1 atom stereocenters. The fourth-order valence-electron chi connectivity index (χ4n) is 3.92. The molecule has 1 aliphatic heterocycles. The smallest absolute Gasteiger partial charge is 0.274 e. The van der Waals surface area contributed by atoms with Crippen molar-refractivity contribution in [3.05, 3.63) is 46.8 Å². The van der Waals surface area contributed by atoms with Crippen LogP contribution in [0.5, 0.6) is 0 Å². The summed E-state index contributed by atoms with van der Waals surface area (Å²) >= 11 is 0. The highest BCUT2D eigenvalue weighted by Gasteiger charge is 2.34. The molecule has 1 saturated heterocycles. The Bertz CT molecular complexity index is 839. The minimum absolute atomic E-state index is 0. The van der Waals surface area contributed by atoms with Crippen LogP contribution in [0.2, 0.25) is 0 Å². The zero-order valence-electron chi connectivity index (χ0n) is 14.3. The molecule has 2 heterocycles. The molecule has 0 spiro atoms. The highest BCUT2D eigenvalue weighted by atomic mass is 35.5. The van der Waals surface area contributed by atoms with Crippen LogP contribution in [0.4, 0.5) is 8.78 Å². The quantitative estimate of drug-likeness (QED) is 0.887. The highest BCUT2D eigenvalue weighted by Crippen LogP contribution is 2.30. The Labute approximate surface area is 156 Å². The number of benzene rings is 1. The van der Waals surface area contributed by atoms with E-state index in [9.17, 15) is 13.6 Å². The minimum atomic E-state index is -0.921. The third kappa shape index (κ3) is 2.99. The van der Waals surface area contributed by atoms with Gasteiger partial charge >= 0.3 is 0 Å². The molecule has 5 nitrogen and oxygen atoms in total. The second kappa shape index (κ2) is 7.32. The highest BCUT2D eigenvalue weighted by molar-refractivity contribution is 5.94. The maximum absolute atomic E-state index is 13.6. The van der Waals surface area contributed by atoms with Gasteiger partial charge in [-0.2, -0.15) is 5.10 Å². The fraction of sp³-hybridized carbons (Fsp3) is 0.444. The summed E-state index contributed by atoms with van der Waals surface area (Å²) in [5.41, 5.74) is 8.49. The van der Waals surface area contributed by atoms with Crippen molar-refractivity contribution in [2.24, 2.45) is 5.73 Å². The fourth-order valence-corrected chi connectivity index (χ4v) is 3.92. The van der Waals surface area contributed by atoms with Gasteiger partial charge in [-0.25, -0.2) is 13.5 Å². The summed E-state index contributed by atoms with van der Waals surface area (Å²) in [6, 6.07) is 3.74. The maximum Gasteiger partial charge on any atom is 0.274 e. The molecule has 26 heavy (non-hydrogen) atoms. The van der Waals surface area contributed by atoms with Gasteiger partial charge < -0.3 is 10.6 Å². The third-order valence-electron chi connectivity index (χ3n) is 5.19. The average molecular weight is 383 g/mol. The first-order chi connectivity index (χ1) is 12.1. The van der Waals surface area contributed by atoms with Crippen molar-refractivity contribution in [2.45, 2.75) is 38.1 Å². The third-order valence-corrected chi connectivity index (χ3v) is 5.19. The number of likely N-dealkylation sites (tertiary alicyclic amines) is 1. The number of hydrogen-bond donors (Lipinski definition) is 1. The number of hydrogen-bond acceptors (Lipinski definition) is 3. The SMILES string of the molecule is Cl.NCC1CCCN1C(=O)c1nn(-c2ccc(F)c(F)c2)c2c1CCC2. The van der Waals surface area contributed by atoms with Crippen molar-refractivity contribution in [1.82, 2.24) is 14.7 Å². The van der Waals surface area contributed by atoms with Crippen LogP contribution in [0, 0.1) is 11.6 Å². The lowest BCUT2D eigenvalue weighted by atomic mass is 10.1. The average Bonchev–Trinajstić information content (AvgIpc) is 3.32. The van der Waals surface area contributed by atoms with Crippen LogP contribution >= 0.6 is 12.4 Å². The Balaban J connectivity index is 0.00000196. The molecule has 1 aliphatic carbocycles. The van der Waals surface area contributed by atoms with Gasteiger partial charge in [-0.05, 0) is 44.2 Å². The van der Waals surface area contributed by atoms with E-state index < -0.39 is 11.6 Å². The Morgan fingerprint density at radius 3 is 2.77 bits per heavy atom. The Kier molecular flexibility index (Phi) is 5.29. The number of nitrogens with zero attached hydrogens (tertiary/aromatic N) is 3. The van der Waals surface area contributed by atoms with E-state index >= 15 is 0 Å². The van der Waals surface area contributed by atoms with Crippen LogP contribution in [-0.2, 0) is 12.8 Å². The van der Waals surface area contributed by atoms with E-state index in [1.807, 2.05) is 0 Å². The van der Waals surface area contributed by atoms with Gasteiger partial charge in [0.1, 0.15) is 0 Å². The van der Waals surface area contributed by atoms with Gasteiger partial charge in [0.05, 0.1) is 5.69 Å². The molecule has 8 heteroatoms. The van der Waals surface area contributed by atoms with E-state index in [1.165, 1.54) is 6.07 Å². The predicted molar refractivity (Wildman–Crippen MR) is 95.9 cm³/mol. The number of carbonyl (C=O) groups excluding carboxylic acids is 1. The molecule has 2 aliphatic rings. The number of carbonyl (C=O) groups is 1. The van der Waals surface area contributed by atoms with Crippen LogP contribution < -0.4 is 5.73 Å². The number of nitrogens with two attached hydrogens (primary N) is 1. The molecule has 0 bridgehead atoms. The summed E-state index contributed by atoms with van der Waals surface area (Å²) in [6.45, 7) is 1.13. The van der Waals surface area contributed by atoms with Crippen LogP contribution in [0.1, 0.15) is 41.0 Å². The molecule has 1 aromatic heterocycles. The van der Waals surface area contributed by atoms with E-state index in [4.69, 9.17) is 5.73 Å². The van der Waals surface area contributed by atoms with Crippen LogP contribution in [0.25, 0.3) is 5.69 Å². The summed E-state index contributed by atoms with van der Waals surface area (Å²) < 4.78 is 28.4. The summed E-state index contributed by atoms with van der Waals surface area (Å²) in [4.78, 5) is 14.8. The number of amides is 1. The van der Waals surface area contributed by atoms with Crippen molar-refractivity contribution in [3.8, 4) is 5.69 Å². The molecule has 4 rings (SSSR count). The van der Waals surface area contributed by atoms with E-state index in [-0.39, 0.29) is 24.4 Å². The topological polar surface area (TPSA) is 64.2 Å². The molecule has 140 valence electrons. The molecule has 1 amide bonds. The Morgan fingerprint density at radius 1 is 1.23 bits per heavy atom. The van der Waals surface area contributed by atoms with Crippen molar-refractivity contribution in [1.29, 1.82) is 0 Å². The van der Waals surface area contributed by atoms with E-state index in [0.29, 0.717) is 24.5 Å². The number of fused-ring (bicyclic) bond motifs is 1. The van der Waals surface area contributed by atoms with Crippen molar-refractivity contribution < 1.29 is 13.6 Å². The summed E-state index contributed by atoms with van der Waals surface area (Å²) in [6.07, 6.45) is 4.33. The van der Waals surface area contributed by atoms with E-state index in [0.717, 1.165) is 55.5 Å². The van der Waals surface area contributed by atoms with Gasteiger partial charge in [0.25, 0.3) is 5.91 Å². The summed E-state index contributed by atoms with van der Waals surface area (Å²) in [5.74, 6) is -1.92. The molecule has 1 fully saturated rings. The van der Waals surface area contributed by atoms with Gasteiger partial charge in [-0.1, -0.05) is 0 Å². The molecular formula is C18H21ClF2N4O. The van der Waals surface area contributed by atoms with E-state index in [1.54, 1.807) is 9.58 Å². The van der Waals surface area contributed by atoms with Crippen LogP contribution in [0.3, 0.4) is 0 Å². The van der Waals surface area contributed by atoms with Crippen molar-refractivity contribution >= 4 is 18.3 Å². The lowest BCUT2D eigenvalue weighted by Gasteiger charge is -2.22. The van der Waals surface area contributed by atoms with Gasteiger partial charge in [-0.3, -0.25) is 4.79 Å². The number of rotatable bonds is 3. The zero-order chi connectivity index (χ0) is 17.6. The second-order valence-electron chi connectivity index (χ2n) is 6.67. The minimum Gasteiger partial charge on any atom is -0.333 e. The van der Waals surface area contributed by atoms with Crippen LogP contribution in [0.15, 0.2) is 18.2 Å². The Morgan fingerprint density at radius 2 is 2.04 bits per heavy atom. The summed E-state index contributed by atoms with van der Waals surface area (Å²) in [5, 5.41) is 4.48. The first-order valence-electron chi connectivity index (χ1n) is 8.67. The molecule has 1 aromatic carbocycles. The molecule has 0 saturated carbocycles. The van der Waals surface area contributed by atoms with Crippen molar-refractivity contribution in [3.63, 3.8) is 0 Å². The van der Waals surface area contributed by atoms with Gasteiger partial charge in [0.2, 0.25) is 0 Å². The summed E-state index contributed by atoms with van der Waals surface area (Å²) in [7, 11) is 0. The zero-order valence-corrected chi connectivity index (χ0v) is 15.1. The Hall–Kier alpha value is -1.99. The monoisotopic (exact) mass is 382 g/mol. The van der Waals surface area contributed by atoms with Gasteiger partial charge in [0.15, 0.2) is 17.3 Å². The second-order valence-corrected chi connectivity index (χ2v) is 6.67. The molecule has 2 N–H and O–H groups in total. The lowest BCUT2D eigenvalue weighted by Crippen LogP contribution is -2.40. The van der Waals surface area contributed by atoms with Crippen LogP contribution in [-0.4, -0.2) is 39.7 Å². The molecular weight excluding hydrogens is 362 g/mol. The lowest BCUT2D eigenvalue weighted by molar-refractivity contribution is 0.0733. The predicted octanol–water partition coefficient (Wildman–Crippen LogP) is 2.62. The molecule has 1 unspecified atom stereocenters. The standard InChI is InChI=1S/C18H20F2N4O.ClH/c19-14-7-6-11(9-15(14)20)24-16-5-1-4-13(16)17(22-24)18(25)23-8-2-3-12(23)10-21;/h6-7,9,12H,1-5,8,10,21H2;1H. The first-order valence-corrected chi connectivity index (χ1v) is 8.67. The van der Waals surface area contributed by atoms with Gasteiger partial charge in [-0.15, -0.1) is 12.4 Å². The normalized spacial score (nSPS) is 18.7. The molecule has 2 aromatic rings. The first kappa shape index (κ1) is 18.8. The van der Waals surface area contributed by atoms with E-state index in [2.05, 4.69) is 5.10 Å². The maximum atomic E-state index is 13.6. The molecule has 0 radical (unpaired) electrons. The van der Waals surface area contributed by atoms with Gasteiger partial charge in [0, 0.05) is 36.5 Å². The number of aromatic nitrogens is 2. The van der Waals surface area contributed by atoms with Crippen molar-refractivity contribution in [2.75, 3.05) is 13.1 Å².